The van der Waals surface area contributed by atoms with E-state index in [1.165, 1.54) is 6.07 Å². The predicted octanol–water partition coefficient (Wildman–Crippen LogP) is 1.70. The number of nitro benzene ring substituents is 1. The van der Waals surface area contributed by atoms with Crippen LogP contribution in [0.1, 0.15) is 6.92 Å². The molecule has 1 N–H and O–H groups in total. The van der Waals surface area contributed by atoms with Crippen LogP contribution in [-0.4, -0.2) is 43.2 Å². The number of benzene rings is 1. The van der Waals surface area contributed by atoms with E-state index >= 15 is 0 Å². The molecule has 1 fully saturated rings. The third-order valence-electron chi connectivity index (χ3n) is 3.25. The minimum absolute atomic E-state index is 0.0272. The summed E-state index contributed by atoms with van der Waals surface area (Å²) in [6.07, 6.45) is 0. The molecule has 0 aliphatic carbocycles. The monoisotopic (exact) mass is 357 g/mol. The first-order chi connectivity index (χ1) is 10.0. The summed E-state index contributed by atoms with van der Waals surface area (Å²) in [5.74, 6) is -0.373. The third kappa shape index (κ3) is 3.51. The standard InChI is InChI=1S/C13H16BrN3O4/c1-2-21-13(18)12-8-15-5-6-16(12)10-4-3-9(14)7-11(10)17(19)20/h3-4,7,12,15H,2,5-6,8H2,1H3. The van der Waals surface area contributed by atoms with E-state index in [4.69, 9.17) is 4.74 Å². The molecule has 1 saturated heterocycles. The lowest BCUT2D eigenvalue weighted by atomic mass is 10.1. The Kier molecular flexibility index (Phi) is 5.13. The van der Waals surface area contributed by atoms with Crippen molar-refractivity contribution in [1.29, 1.82) is 0 Å². The Balaban J connectivity index is 2.37. The van der Waals surface area contributed by atoms with Gasteiger partial charge in [-0.2, -0.15) is 0 Å². The smallest absolute Gasteiger partial charge is 0.330 e. The van der Waals surface area contributed by atoms with E-state index in [1.54, 1.807) is 24.0 Å². The van der Waals surface area contributed by atoms with Crippen molar-refractivity contribution in [3.63, 3.8) is 0 Å². The van der Waals surface area contributed by atoms with Crippen LogP contribution in [-0.2, 0) is 9.53 Å². The minimum Gasteiger partial charge on any atom is -0.464 e. The zero-order valence-electron chi connectivity index (χ0n) is 11.5. The number of rotatable bonds is 4. The fourth-order valence-electron chi connectivity index (χ4n) is 2.33. The Morgan fingerprint density at radius 2 is 2.38 bits per heavy atom. The van der Waals surface area contributed by atoms with E-state index in [-0.39, 0.29) is 18.3 Å². The van der Waals surface area contributed by atoms with Gasteiger partial charge in [0.15, 0.2) is 0 Å². The number of anilines is 1. The van der Waals surface area contributed by atoms with Gasteiger partial charge in [-0.05, 0) is 19.1 Å². The average molecular weight is 358 g/mol. The fourth-order valence-corrected chi connectivity index (χ4v) is 2.68. The van der Waals surface area contributed by atoms with Crippen LogP contribution in [0.3, 0.4) is 0 Å². The lowest BCUT2D eigenvalue weighted by Crippen LogP contribution is -2.55. The normalized spacial score (nSPS) is 18.4. The van der Waals surface area contributed by atoms with Gasteiger partial charge < -0.3 is 15.0 Å². The topological polar surface area (TPSA) is 84.7 Å². The van der Waals surface area contributed by atoms with Gasteiger partial charge in [-0.1, -0.05) is 15.9 Å². The molecule has 21 heavy (non-hydrogen) atoms. The van der Waals surface area contributed by atoms with Gasteiger partial charge in [0.1, 0.15) is 11.7 Å². The Hall–Kier alpha value is -1.67. The number of hydrogen-bond donors (Lipinski definition) is 1. The molecule has 0 bridgehead atoms. The van der Waals surface area contributed by atoms with Crippen LogP contribution < -0.4 is 10.2 Å². The average Bonchev–Trinajstić information content (AvgIpc) is 2.47. The van der Waals surface area contributed by atoms with Crippen molar-refractivity contribution in [3.05, 3.63) is 32.8 Å². The quantitative estimate of drug-likeness (QED) is 0.501. The Morgan fingerprint density at radius 3 is 3.05 bits per heavy atom. The molecule has 1 aliphatic heterocycles. The molecule has 7 nitrogen and oxygen atoms in total. The number of carbonyl (C=O) groups is 1. The molecular formula is C13H16BrN3O4. The molecule has 0 radical (unpaired) electrons. The maximum Gasteiger partial charge on any atom is 0.330 e. The predicted molar refractivity (Wildman–Crippen MR) is 81.4 cm³/mol. The van der Waals surface area contributed by atoms with Gasteiger partial charge in [0, 0.05) is 30.2 Å². The van der Waals surface area contributed by atoms with E-state index in [0.29, 0.717) is 29.8 Å². The maximum atomic E-state index is 12.0. The number of nitro groups is 1. The Morgan fingerprint density at radius 1 is 1.62 bits per heavy atom. The number of ether oxygens (including phenoxy) is 1. The van der Waals surface area contributed by atoms with Crippen LogP contribution >= 0.6 is 15.9 Å². The summed E-state index contributed by atoms with van der Waals surface area (Å²) in [6.45, 7) is 3.59. The number of halogens is 1. The molecule has 114 valence electrons. The SMILES string of the molecule is CCOC(=O)C1CNCCN1c1ccc(Br)cc1[N+](=O)[O-]. The molecule has 0 aromatic heterocycles. The largest absolute Gasteiger partial charge is 0.464 e. The minimum atomic E-state index is -0.557. The molecule has 1 atom stereocenters. The molecule has 1 unspecified atom stereocenters. The van der Waals surface area contributed by atoms with Gasteiger partial charge in [-0.15, -0.1) is 0 Å². The van der Waals surface area contributed by atoms with Gasteiger partial charge in [0.25, 0.3) is 5.69 Å². The summed E-state index contributed by atoms with van der Waals surface area (Å²) >= 11 is 3.23. The van der Waals surface area contributed by atoms with E-state index in [2.05, 4.69) is 21.2 Å². The molecule has 0 spiro atoms. The third-order valence-corrected chi connectivity index (χ3v) is 3.74. The van der Waals surface area contributed by atoms with Crippen LogP contribution in [0.5, 0.6) is 0 Å². The molecule has 1 aromatic rings. The van der Waals surface area contributed by atoms with Crippen molar-refractivity contribution in [2.45, 2.75) is 13.0 Å². The number of nitrogens with one attached hydrogen (secondary N) is 1. The van der Waals surface area contributed by atoms with Gasteiger partial charge in [0.2, 0.25) is 0 Å². The molecule has 1 heterocycles. The first-order valence-corrected chi connectivity index (χ1v) is 7.41. The van der Waals surface area contributed by atoms with Crippen LogP contribution in [0.4, 0.5) is 11.4 Å². The van der Waals surface area contributed by atoms with Crippen molar-refractivity contribution < 1.29 is 14.5 Å². The van der Waals surface area contributed by atoms with E-state index in [0.717, 1.165) is 0 Å². The molecule has 0 saturated carbocycles. The second-order valence-corrected chi connectivity index (χ2v) is 5.47. The van der Waals surface area contributed by atoms with E-state index < -0.39 is 11.0 Å². The van der Waals surface area contributed by atoms with Crippen molar-refractivity contribution in [2.24, 2.45) is 0 Å². The highest BCUT2D eigenvalue weighted by atomic mass is 79.9. The lowest BCUT2D eigenvalue weighted by Gasteiger charge is -2.35. The van der Waals surface area contributed by atoms with Gasteiger partial charge in [0.05, 0.1) is 11.5 Å². The van der Waals surface area contributed by atoms with Gasteiger partial charge in [-0.3, -0.25) is 10.1 Å². The van der Waals surface area contributed by atoms with Crippen molar-refractivity contribution in [1.82, 2.24) is 5.32 Å². The van der Waals surface area contributed by atoms with Crippen LogP contribution in [0.15, 0.2) is 22.7 Å². The highest BCUT2D eigenvalue weighted by Gasteiger charge is 2.33. The highest BCUT2D eigenvalue weighted by molar-refractivity contribution is 9.10. The second kappa shape index (κ2) is 6.86. The summed E-state index contributed by atoms with van der Waals surface area (Å²) in [5.41, 5.74) is 0.406. The molecule has 2 rings (SSSR count). The maximum absolute atomic E-state index is 12.0. The van der Waals surface area contributed by atoms with Gasteiger partial charge >= 0.3 is 5.97 Å². The van der Waals surface area contributed by atoms with Crippen molar-refractivity contribution in [3.8, 4) is 0 Å². The first-order valence-electron chi connectivity index (χ1n) is 6.62. The Labute approximate surface area is 130 Å². The van der Waals surface area contributed by atoms with Crippen LogP contribution in [0, 0.1) is 10.1 Å². The zero-order valence-corrected chi connectivity index (χ0v) is 13.1. The molecule has 1 aliphatic rings. The van der Waals surface area contributed by atoms with Crippen molar-refractivity contribution >= 4 is 33.3 Å². The highest BCUT2D eigenvalue weighted by Crippen LogP contribution is 2.32. The summed E-state index contributed by atoms with van der Waals surface area (Å²) in [6, 6.07) is 4.27. The summed E-state index contributed by atoms with van der Waals surface area (Å²) < 4.78 is 5.68. The van der Waals surface area contributed by atoms with Crippen molar-refractivity contribution in [2.75, 3.05) is 31.1 Å². The summed E-state index contributed by atoms with van der Waals surface area (Å²) in [5, 5.41) is 14.4. The second-order valence-electron chi connectivity index (χ2n) is 4.56. The molecule has 8 heteroatoms. The molecular weight excluding hydrogens is 342 g/mol. The number of hydrogen-bond acceptors (Lipinski definition) is 6. The Bertz CT molecular complexity index is 552. The van der Waals surface area contributed by atoms with Crippen LogP contribution in [0.2, 0.25) is 0 Å². The molecule has 1 aromatic carbocycles. The number of carbonyl (C=O) groups excluding carboxylic acids is 1. The number of piperazine rings is 1. The van der Waals surface area contributed by atoms with E-state index in [9.17, 15) is 14.9 Å². The van der Waals surface area contributed by atoms with Crippen LogP contribution in [0.25, 0.3) is 0 Å². The zero-order chi connectivity index (χ0) is 15.4. The van der Waals surface area contributed by atoms with Gasteiger partial charge in [-0.25, -0.2) is 4.79 Å². The summed E-state index contributed by atoms with van der Waals surface area (Å²) in [4.78, 5) is 24.6. The number of esters is 1. The number of nitrogens with zero attached hydrogens (tertiary/aromatic N) is 2. The van der Waals surface area contributed by atoms with E-state index in [1.807, 2.05) is 0 Å². The lowest BCUT2D eigenvalue weighted by molar-refractivity contribution is -0.384. The fraction of sp³-hybridized carbons (Fsp3) is 0.462. The molecule has 0 amide bonds. The first kappa shape index (κ1) is 15.7. The summed E-state index contributed by atoms with van der Waals surface area (Å²) in [7, 11) is 0.